The minimum Gasteiger partial charge on any atom is -0.454 e. The van der Waals surface area contributed by atoms with E-state index in [0.717, 1.165) is 0 Å². The highest BCUT2D eigenvalue weighted by molar-refractivity contribution is 6.31. The van der Waals surface area contributed by atoms with Crippen LogP contribution >= 0.6 is 0 Å². The zero-order valence-corrected chi connectivity index (χ0v) is 12.8. The summed E-state index contributed by atoms with van der Waals surface area (Å²) in [4.78, 5) is 29.4. The van der Waals surface area contributed by atoms with Crippen LogP contribution in [0.1, 0.15) is 15.9 Å². The number of ketones is 1. The van der Waals surface area contributed by atoms with Crippen molar-refractivity contribution in [2.75, 3.05) is 13.8 Å². The maximum absolute atomic E-state index is 12.9. The molecule has 1 aromatic carbocycles. The predicted molar refractivity (Wildman–Crippen MR) is 83.9 cm³/mol. The summed E-state index contributed by atoms with van der Waals surface area (Å²) in [7, 11) is 1.54. The number of ether oxygens (including phenoxy) is 2. The largest absolute Gasteiger partial charge is 0.454 e. The Morgan fingerprint density at radius 2 is 1.92 bits per heavy atom. The summed E-state index contributed by atoms with van der Waals surface area (Å²) in [6.45, 7) is 0.127. The van der Waals surface area contributed by atoms with Crippen molar-refractivity contribution in [3.8, 4) is 11.5 Å². The summed E-state index contributed by atoms with van der Waals surface area (Å²) in [6.07, 6.45) is 3.20. The summed E-state index contributed by atoms with van der Waals surface area (Å²) >= 11 is 0. The standard InChI is InChI=1S/C17H13N3O4/c1-20-17(22)14(15(19-20)10-4-6-18-7-5-10)16(21)11-2-3-12-13(8-11)24-9-23-12/h2-8,14H,9H2,1H3/t14-/m1/s1. The molecule has 0 unspecified atom stereocenters. The van der Waals surface area contributed by atoms with Gasteiger partial charge >= 0.3 is 0 Å². The fourth-order valence-electron chi connectivity index (χ4n) is 2.77. The molecule has 2 aromatic rings. The number of hydrogen-bond acceptors (Lipinski definition) is 6. The van der Waals surface area contributed by atoms with Crippen LogP contribution in [0, 0.1) is 5.92 Å². The van der Waals surface area contributed by atoms with Gasteiger partial charge in [-0.1, -0.05) is 0 Å². The molecule has 1 aromatic heterocycles. The molecule has 7 nitrogen and oxygen atoms in total. The lowest BCUT2D eigenvalue weighted by atomic mass is 9.89. The molecular formula is C17H13N3O4. The number of benzene rings is 1. The smallest absolute Gasteiger partial charge is 0.259 e. The van der Waals surface area contributed by atoms with Crippen molar-refractivity contribution < 1.29 is 19.1 Å². The van der Waals surface area contributed by atoms with Crippen LogP contribution in [0.25, 0.3) is 0 Å². The number of carbonyl (C=O) groups is 2. The molecule has 24 heavy (non-hydrogen) atoms. The molecule has 2 aliphatic rings. The Balaban J connectivity index is 1.72. The minimum absolute atomic E-state index is 0.127. The first-order valence-electron chi connectivity index (χ1n) is 7.35. The van der Waals surface area contributed by atoms with E-state index in [-0.39, 0.29) is 18.5 Å². The van der Waals surface area contributed by atoms with Crippen molar-refractivity contribution in [2.24, 2.45) is 11.0 Å². The lowest BCUT2D eigenvalue weighted by Crippen LogP contribution is -2.32. The first-order chi connectivity index (χ1) is 11.6. The van der Waals surface area contributed by atoms with E-state index in [1.54, 1.807) is 42.7 Å². The second kappa shape index (κ2) is 5.45. The second-order valence-electron chi connectivity index (χ2n) is 5.45. The van der Waals surface area contributed by atoms with Crippen molar-refractivity contribution in [3.05, 3.63) is 53.9 Å². The normalized spacial score (nSPS) is 18.7. The van der Waals surface area contributed by atoms with Crippen LogP contribution in [0.15, 0.2) is 47.8 Å². The molecule has 0 fully saturated rings. The number of Topliss-reactive ketones (excluding diaryl/α,β-unsaturated/α-hetero) is 1. The average molecular weight is 323 g/mol. The Morgan fingerprint density at radius 3 is 2.71 bits per heavy atom. The molecule has 3 heterocycles. The minimum atomic E-state index is -0.974. The second-order valence-corrected chi connectivity index (χ2v) is 5.45. The van der Waals surface area contributed by atoms with Crippen molar-refractivity contribution in [3.63, 3.8) is 0 Å². The van der Waals surface area contributed by atoms with Gasteiger partial charge in [0.15, 0.2) is 17.3 Å². The molecule has 0 bridgehead atoms. The number of hydrogen-bond donors (Lipinski definition) is 0. The summed E-state index contributed by atoms with van der Waals surface area (Å²) in [5.41, 5.74) is 1.50. The monoisotopic (exact) mass is 323 g/mol. The number of aromatic nitrogens is 1. The van der Waals surface area contributed by atoms with Gasteiger partial charge in [0.25, 0.3) is 5.91 Å². The Morgan fingerprint density at radius 1 is 1.17 bits per heavy atom. The van der Waals surface area contributed by atoms with E-state index in [4.69, 9.17) is 9.47 Å². The molecule has 1 amide bonds. The number of fused-ring (bicyclic) bond motifs is 1. The highest BCUT2D eigenvalue weighted by Gasteiger charge is 2.40. The highest BCUT2D eigenvalue weighted by atomic mass is 16.7. The van der Waals surface area contributed by atoms with Gasteiger partial charge in [-0.3, -0.25) is 14.6 Å². The van der Waals surface area contributed by atoms with Crippen LogP contribution in [-0.2, 0) is 4.79 Å². The fraction of sp³-hybridized carbons (Fsp3) is 0.176. The third-order valence-electron chi connectivity index (χ3n) is 3.99. The molecule has 2 aliphatic heterocycles. The van der Waals surface area contributed by atoms with Crippen LogP contribution < -0.4 is 9.47 Å². The quantitative estimate of drug-likeness (QED) is 0.631. The first kappa shape index (κ1) is 14.4. The van der Waals surface area contributed by atoms with E-state index in [0.29, 0.717) is 28.3 Å². The SMILES string of the molecule is CN1N=C(c2ccncc2)[C@H](C(=O)c2ccc3c(c2)OCO3)C1=O. The van der Waals surface area contributed by atoms with Gasteiger partial charge in [0.1, 0.15) is 5.92 Å². The zero-order valence-electron chi connectivity index (χ0n) is 12.8. The molecule has 0 spiro atoms. The van der Waals surface area contributed by atoms with E-state index >= 15 is 0 Å². The average Bonchev–Trinajstić information content (AvgIpc) is 3.19. The summed E-state index contributed by atoms with van der Waals surface area (Å²) in [6, 6.07) is 8.35. The number of rotatable bonds is 3. The van der Waals surface area contributed by atoms with Gasteiger partial charge in [0, 0.05) is 30.6 Å². The van der Waals surface area contributed by atoms with Gasteiger partial charge in [-0.15, -0.1) is 0 Å². The van der Waals surface area contributed by atoms with E-state index < -0.39 is 5.92 Å². The Labute approximate surface area is 137 Å². The van der Waals surface area contributed by atoms with E-state index in [9.17, 15) is 9.59 Å². The predicted octanol–water partition coefficient (Wildman–Crippen LogP) is 1.49. The van der Waals surface area contributed by atoms with Gasteiger partial charge in [-0.2, -0.15) is 5.10 Å². The van der Waals surface area contributed by atoms with Gasteiger partial charge < -0.3 is 9.47 Å². The molecule has 0 aliphatic carbocycles. The number of carbonyl (C=O) groups excluding carboxylic acids is 2. The maximum Gasteiger partial charge on any atom is 0.259 e. The van der Waals surface area contributed by atoms with Crippen LogP contribution in [0.5, 0.6) is 11.5 Å². The number of pyridine rings is 1. The maximum atomic E-state index is 12.9. The molecule has 0 saturated heterocycles. The van der Waals surface area contributed by atoms with Gasteiger partial charge in [0.2, 0.25) is 6.79 Å². The topological polar surface area (TPSA) is 81.1 Å². The Hall–Kier alpha value is -3.22. The molecule has 4 rings (SSSR count). The lowest BCUT2D eigenvalue weighted by molar-refractivity contribution is -0.129. The van der Waals surface area contributed by atoms with Gasteiger partial charge in [-0.05, 0) is 30.3 Å². The van der Waals surface area contributed by atoms with Crippen molar-refractivity contribution in [1.82, 2.24) is 9.99 Å². The number of nitrogens with zero attached hydrogens (tertiary/aromatic N) is 3. The summed E-state index contributed by atoms with van der Waals surface area (Å²) in [5, 5.41) is 5.44. The van der Waals surface area contributed by atoms with Crippen molar-refractivity contribution >= 4 is 17.4 Å². The third-order valence-corrected chi connectivity index (χ3v) is 3.99. The molecule has 0 saturated carbocycles. The van der Waals surface area contributed by atoms with E-state index in [2.05, 4.69) is 10.1 Å². The summed E-state index contributed by atoms with van der Waals surface area (Å²) < 4.78 is 10.6. The van der Waals surface area contributed by atoms with Crippen molar-refractivity contribution in [1.29, 1.82) is 0 Å². The van der Waals surface area contributed by atoms with Crippen LogP contribution in [0.4, 0.5) is 0 Å². The molecule has 0 N–H and O–H groups in total. The van der Waals surface area contributed by atoms with Gasteiger partial charge in [0.05, 0.1) is 5.71 Å². The molecule has 120 valence electrons. The Bertz CT molecular complexity index is 863. The third kappa shape index (κ3) is 2.21. The molecular weight excluding hydrogens is 310 g/mol. The number of hydrazone groups is 1. The lowest BCUT2D eigenvalue weighted by Gasteiger charge is -2.11. The van der Waals surface area contributed by atoms with Crippen LogP contribution in [0.2, 0.25) is 0 Å². The molecule has 0 radical (unpaired) electrons. The van der Waals surface area contributed by atoms with Crippen molar-refractivity contribution in [2.45, 2.75) is 0 Å². The first-order valence-corrected chi connectivity index (χ1v) is 7.35. The number of amides is 1. The Kier molecular flexibility index (Phi) is 3.26. The van der Waals surface area contributed by atoms with Crippen LogP contribution in [0.3, 0.4) is 0 Å². The molecule has 1 atom stereocenters. The van der Waals surface area contributed by atoms with E-state index in [1.807, 2.05) is 0 Å². The molecule has 7 heteroatoms. The zero-order chi connectivity index (χ0) is 16.7. The summed E-state index contributed by atoms with van der Waals surface area (Å²) in [5.74, 6) is -0.563. The fourth-order valence-corrected chi connectivity index (χ4v) is 2.77. The van der Waals surface area contributed by atoms with E-state index in [1.165, 1.54) is 12.1 Å². The van der Waals surface area contributed by atoms with Crippen LogP contribution in [-0.4, -0.2) is 41.2 Å². The highest BCUT2D eigenvalue weighted by Crippen LogP contribution is 2.34. The van der Waals surface area contributed by atoms with Gasteiger partial charge in [-0.25, -0.2) is 5.01 Å².